The highest BCUT2D eigenvalue weighted by Crippen LogP contribution is 2.29. The number of benzene rings is 3. The molecule has 0 amide bonds. The van der Waals surface area contributed by atoms with E-state index in [9.17, 15) is 4.39 Å². The van der Waals surface area contributed by atoms with Crippen molar-refractivity contribution < 1.29 is 4.39 Å². The molecule has 5 aromatic rings. The molecule has 0 fully saturated rings. The Balaban J connectivity index is 1.66. The van der Waals surface area contributed by atoms with Gasteiger partial charge in [0.2, 0.25) is 0 Å². The van der Waals surface area contributed by atoms with Crippen LogP contribution in [0.2, 0.25) is 5.02 Å². The number of hydrogen-bond acceptors (Lipinski definition) is 4. The molecule has 2 heterocycles. The SMILES string of the molecule is Fc1ccccc1CNc1nc2c(-c3cccc(Cl)c3)nnn2c2ccccc12. The molecule has 0 spiro atoms. The van der Waals surface area contributed by atoms with Crippen LogP contribution in [0.25, 0.3) is 27.8 Å². The van der Waals surface area contributed by atoms with Gasteiger partial charge in [0.15, 0.2) is 5.65 Å². The summed E-state index contributed by atoms with van der Waals surface area (Å²) in [7, 11) is 0. The zero-order valence-electron chi connectivity index (χ0n) is 15.2. The number of fused-ring (bicyclic) bond motifs is 3. The van der Waals surface area contributed by atoms with Crippen LogP contribution in [0.1, 0.15) is 5.56 Å². The second-order valence-electron chi connectivity index (χ2n) is 6.61. The van der Waals surface area contributed by atoms with E-state index >= 15 is 0 Å². The summed E-state index contributed by atoms with van der Waals surface area (Å²) in [4.78, 5) is 4.78. The molecule has 7 heteroatoms. The number of rotatable bonds is 4. The van der Waals surface area contributed by atoms with Gasteiger partial charge in [0.05, 0.1) is 5.52 Å². The number of para-hydroxylation sites is 1. The quantitative estimate of drug-likeness (QED) is 0.439. The highest BCUT2D eigenvalue weighted by molar-refractivity contribution is 6.30. The first-order valence-corrected chi connectivity index (χ1v) is 9.46. The van der Waals surface area contributed by atoms with E-state index in [0.717, 1.165) is 16.5 Å². The molecule has 5 rings (SSSR count). The van der Waals surface area contributed by atoms with Crippen molar-refractivity contribution in [3.63, 3.8) is 0 Å². The summed E-state index contributed by atoms with van der Waals surface area (Å²) in [5.74, 6) is 0.387. The van der Waals surface area contributed by atoms with Crippen molar-refractivity contribution in [2.24, 2.45) is 0 Å². The summed E-state index contributed by atoms with van der Waals surface area (Å²) < 4.78 is 15.7. The van der Waals surface area contributed by atoms with Gasteiger partial charge in [0, 0.05) is 28.1 Å². The zero-order chi connectivity index (χ0) is 19.8. The van der Waals surface area contributed by atoms with Crippen LogP contribution in [0.5, 0.6) is 0 Å². The first-order valence-electron chi connectivity index (χ1n) is 9.08. The lowest BCUT2D eigenvalue weighted by Crippen LogP contribution is -2.06. The minimum absolute atomic E-state index is 0.254. The van der Waals surface area contributed by atoms with Crippen LogP contribution in [-0.4, -0.2) is 19.8 Å². The smallest absolute Gasteiger partial charge is 0.186 e. The average molecular weight is 404 g/mol. The molecule has 29 heavy (non-hydrogen) atoms. The zero-order valence-corrected chi connectivity index (χ0v) is 15.9. The van der Waals surface area contributed by atoms with Crippen LogP contribution in [0.4, 0.5) is 10.2 Å². The second kappa shape index (κ2) is 7.14. The van der Waals surface area contributed by atoms with Gasteiger partial charge < -0.3 is 5.32 Å². The van der Waals surface area contributed by atoms with Gasteiger partial charge in [-0.25, -0.2) is 9.37 Å². The van der Waals surface area contributed by atoms with E-state index < -0.39 is 0 Å². The molecule has 0 aliphatic heterocycles. The molecule has 0 saturated carbocycles. The highest BCUT2D eigenvalue weighted by Gasteiger charge is 2.16. The molecule has 142 valence electrons. The first-order chi connectivity index (χ1) is 14.2. The van der Waals surface area contributed by atoms with Crippen LogP contribution >= 0.6 is 11.6 Å². The van der Waals surface area contributed by atoms with E-state index in [1.54, 1.807) is 22.7 Å². The Hall–Kier alpha value is -3.51. The molecule has 0 saturated heterocycles. The Labute approximate surface area is 170 Å². The van der Waals surface area contributed by atoms with E-state index in [1.807, 2.05) is 48.5 Å². The van der Waals surface area contributed by atoms with E-state index in [2.05, 4.69) is 15.6 Å². The molecule has 5 nitrogen and oxygen atoms in total. The lowest BCUT2D eigenvalue weighted by atomic mass is 10.1. The minimum atomic E-state index is -0.254. The fourth-order valence-corrected chi connectivity index (χ4v) is 3.53. The number of nitrogens with one attached hydrogen (secondary N) is 1. The fourth-order valence-electron chi connectivity index (χ4n) is 3.34. The summed E-state index contributed by atoms with van der Waals surface area (Å²) in [5, 5.41) is 13.4. The van der Waals surface area contributed by atoms with Crippen molar-refractivity contribution in [3.8, 4) is 11.3 Å². The van der Waals surface area contributed by atoms with Gasteiger partial charge in [-0.2, -0.15) is 4.52 Å². The van der Waals surface area contributed by atoms with Crippen molar-refractivity contribution in [1.29, 1.82) is 0 Å². The first kappa shape index (κ1) is 17.6. The molecular formula is C22H15ClFN5. The van der Waals surface area contributed by atoms with Crippen molar-refractivity contribution in [3.05, 3.63) is 89.2 Å². The van der Waals surface area contributed by atoms with Crippen LogP contribution in [0, 0.1) is 5.82 Å². The Kier molecular flexibility index (Phi) is 4.33. The van der Waals surface area contributed by atoms with Gasteiger partial charge in [-0.15, -0.1) is 5.10 Å². The van der Waals surface area contributed by atoms with Crippen molar-refractivity contribution in [1.82, 2.24) is 19.8 Å². The molecule has 0 bridgehead atoms. The summed E-state index contributed by atoms with van der Waals surface area (Å²) in [6.07, 6.45) is 0. The van der Waals surface area contributed by atoms with Gasteiger partial charge in [0.25, 0.3) is 0 Å². The highest BCUT2D eigenvalue weighted by atomic mass is 35.5. The van der Waals surface area contributed by atoms with Crippen LogP contribution in [0.15, 0.2) is 72.8 Å². The maximum atomic E-state index is 14.0. The molecule has 2 aromatic heterocycles. The largest absolute Gasteiger partial charge is 0.365 e. The number of aromatic nitrogens is 4. The lowest BCUT2D eigenvalue weighted by molar-refractivity contribution is 0.613. The van der Waals surface area contributed by atoms with Crippen molar-refractivity contribution in [2.45, 2.75) is 6.54 Å². The molecule has 0 unspecified atom stereocenters. The molecule has 1 N–H and O–H groups in total. The van der Waals surface area contributed by atoms with Crippen LogP contribution in [-0.2, 0) is 6.54 Å². The van der Waals surface area contributed by atoms with Gasteiger partial charge in [0.1, 0.15) is 17.3 Å². The number of halogens is 2. The molecule has 0 radical (unpaired) electrons. The molecule has 3 aromatic carbocycles. The van der Waals surface area contributed by atoms with E-state index in [4.69, 9.17) is 16.6 Å². The number of hydrogen-bond donors (Lipinski definition) is 1. The maximum Gasteiger partial charge on any atom is 0.186 e. The Bertz CT molecular complexity index is 1350. The molecular weight excluding hydrogens is 389 g/mol. The number of nitrogens with zero attached hydrogens (tertiary/aromatic N) is 4. The predicted molar refractivity (Wildman–Crippen MR) is 112 cm³/mol. The van der Waals surface area contributed by atoms with Crippen molar-refractivity contribution in [2.75, 3.05) is 5.32 Å². The van der Waals surface area contributed by atoms with Gasteiger partial charge in [-0.3, -0.25) is 0 Å². The third-order valence-corrected chi connectivity index (χ3v) is 4.99. The normalized spacial score (nSPS) is 11.2. The average Bonchev–Trinajstić information content (AvgIpc) is 3.17. The van der Waals surface area contributed by atoms with E-state index in [0.29, 0.717) is 34.3 Å². The van der Waals surface area contributed by atoms with Crippen LogP contribution < -0.4 is 5.32 Å². The second-order valence-corrected chi connectivity index (χ2v) is 7.04. The van der Waals surface area contributed by atoms with Crippen molar-refractivity contribution >= 4 is 34.0 Å². The third kappa shape index (κ3) is 3.17. The topological polar surface area (TPSA) is 55.1 Å². The summed E-state index contributed by atoms with van der Waals surface area (Å²) >= 11 is 6.15. The fraction of sp³-hybridized carbons (Fsp3) is 0.0455. The summed E-state index contributed by atoms with van der Waals surface area (Å²) in [6.45, 7) is 0.313. The monoisotopic (exact) mass is 403 g/mol. The standard InChI is InChI=1S/C22H15ClFN5/c23-16-8-5-7-14(12-16)20-22-26-21(25-13-15-6-1-3-10-18(15)24)17-9-2-4-11-19(17)29(22)28-27-20/h1-12H,13H2,(H,25,26). The molecule has 0 aliphatic carbocycles. The molecule has 0 aliphatic rings. The third-order valence-electron chi connectivity index (χ3n) is 4.75. The van der Waals surface area contributed by atoms with Crippen LogP contribution in [0.3, 0.4) is 0 Å². The summed E-state index contributed by atoms with van der Waals surface area (Å²) in [6, 6.07) is 21.9. The Morgan fingerprint density at radius 2 is 1.79 bits per heavy atom. The lowest BCUT2D eigenvalue weighted by Gasteiger charge is -2.11. The van der Waals surface area contributed by atoms with E-state index in [1.165, 1.54) is 6.07 Å². The Morgan fingerprint density at radius 1 is 0.966 bits per heavy atom. The Morgan fingerprint density at radius 3 is 2.66 bits per heavy atom. The maximum absolute atomic E-state index is 14.0. The summed E-state index contributed by atoms with van der Waals surface area (Å²) in [5.41, 5.74) is 3.48. The predicted octanol–water partition coefficient (Wildman–Crippen LogP) is 5.35. The van der Waals surface area contributed by atoms with Gasteiger partial charge in [-0.05, 0) is 30.3 Å². The number of anilines is 1. The van der Waals surface area contributed by atoms with Gasteiger partial charge >= 0.3 is 0 Å². The molecule has 0 atom stereocenters. The minimum Gasteiger partial charge on any atom is -0.365 e. The van der Waals surface area contributed by atoms with Gasteiger partial charge in [-0.1, -0.05) is 59.3 Å². The van der Waals surface area contributed by atoms with E-state index in [-0.39, 0.29) is 5.82 Å².